The number of nitrogens with zero attached hydrogens (tertiary/aromatic N) is 1. The van der Waals surface area contributed by atoms with Gasteiger partial charge in [0.25, 0.3) is 0 Å². The number of aliphatic hydroxyl groups excluding tert-OH is 1. The summed E-state index contributed by atoms with van der Waals surface area (Å²) in [5, 5.41) is 9.20. The number of hydrogen-bond donors (Lipinski definition) is 1. The molecule has 0 unspecified atom stereocenters. The van der Waals surface area contributed by atoms with Gasteiger partial charge in [-0.3, -0.25) is 0 Å². The van der Waals surface area contributed by atoms with Gasteiger partial charge in [0.15, 0.2) is 7.31 Å². The number of hydrogen-bond acceptors (Lipinski definition) is 3. The molecule has 0 aliphatic carbocycles. The summed E-state index contributed by atoms with van der Waals surface area (Å²) >= 11 is 1.59. The molecule has 0 atom stereocenters. The Hall–Kier alpha value is -1.16. The summed E-state index contributed by atoms with van der Waals surface area (Å²) in [4.78, 5) is 1.15. The van der Waals surface area contributed by atoms with Crippen LogP contribution in [0.4, 0.5) is 0 Å². The van der Waals surface area contributed by atoms with Gasteiger partial charge in [-0.25, -0.2) is 0 Å². The van der Waals surface area contributed by atoms with Crippen LogP contribution in [0.15, 0.2) is 47.4 Å². The first-order chi connectivity index (χ1) is 9.65. The number of aryl methyl sites for hydroxylation is 1. The lowest BCUT2D eigenvalue weighted by Gasteiger charge is -2.17. The summed E-state index contributed by atoms with van der Waals surface area (Å²) in [5.41, 5.74) is 4.44. The van der Waals surface area contributed by atoms with Crippen LogP contribution in [0.3, 0.4) is 0 Å². The first-order valence-corrected chi connectivity index (χ1v) is 7.18. The van der Waals surface area contributed by atoms with Crippen molar-refractivity contribution in [1.29, 1.82) is 0 Å². The molecule has 0 spiro atoms. The van der Waals surface area contributed by atoms with Gasteiger partial charge in [0.2, 0.25) is 0 Å². The molecule has 0 saturated heterocycles. The zero-order valence-corrected chi connectivity index (χ0v) is 12.5. The molecule has 0 aliphatic heterocycles. The Morgan fingerprint density at radius 2 is 1.95 bits per heavy atom. The van der Waals surface area contributed by atoms with Crippen molar-refractivity contribution in [1.82, 2.24) is 4.22 Å². The molecule has 1 N–H and O–H groups in total. The standard InChI is InChI=1S/C15H16B2NOS/c1-11-9-12(10-19)7-8-13(11)14-5-3-4-6-15(14)20-18(2)17-16/h3-9,19H,10H2,1-2H3. The molecule has 2 rings (SSSR count). The lowest BCUT2D eigenvalue weighted by atomic mass is 9.67. The highest BCUT2D eigenvalue weighted by Crippen LogP contribution is 2.34. The molecule has 2 aromatic rings. The van der Waals surface area contributed by atoms with E-state index in [1.54, 1.807) is 19.3 Å². The largest absolute Gasteiger partial charge is 0.392 e. The van der Waals surface area contributed by atoms with Gasteiger partial charge in [0.1, 0.15) is 0 Å². The molecule has 2 nitrogen and oxygen atoms in total. The first-order valence-electron chi connectivity index (χ1n) is 6.41. The van der Waals surface area contributed by atoms with Crippen molar-refractivity contribution in [2.75, 3.05) is 7.05 Å². The molecular weight excluding hydrogens is 264 g/mol. The van der Waals surface area contributed by atoms with Crippen molar-refractivity contribution in [3.8, 4) is 11.1 Å². The van der Waals surface area contributed by atoms with Gasteiger partial charge in [-0.1, -0.05) is 48.3 Å². The minimum Gasteiger partial charge on any atom is -0.392 e. The van der Waals surface area contributed by atoms with E-state index in [0.29, 0.717) is 0 Å². The van der Waals surface area contributed by atoms with E-state index < -0.39 is 0 Å². The zero-order chi connectivity index (χ0) is 14.5. The van der Waals surface area contributed by atoms with E-state index in [4.69, 9.17) is 7.74 Å². The quantitative estimate of drug-likeness (QED) is 0.673. The maximum Gasteiger partial charge on any atom is 0.164 e. The molecule has 0 bridgehead atoms. The molecule has 3 radical (unpaired) electrons. The van der Waals surface area contributed by atoms with E-state index in [1.807, 2.05) is 35.5 Å². The summed E-state index contributed by atoms with van der Waals surface area (Å²) in [5.74, 6) is 0. The summed E-state index contributed by atoms with van der Waals surface area (Å²) in [6.07, 6.45) is 0. The fourth-order valence-electron chi connectivity index (χ4n) is 2.08. The predicted octanol–water partition coefficient (Wildman–Crippen LogP) is 2.80. The molecule has 0 fully saturated rings. The van der Waals surface area contributed by atoms with Crippen LogP contribution in [-0.2, 0) is 6.61 Å². The highest BCUT2D eigenvalue weighted by Gasteiger charge is 2.09. The van der Waals surface area contributed by atoms with Gasteiger partial charge in [0.05, 0.1) is 6.61 Å². The Labute approximate surface area is 127 Å². The van der Waals surface area contributed by atoms with Crippen LogP contribution in [0.1, 0.15) is 11.1 Å². The van der Waals surface area contributed by atoms with Crippen LogP contribution < -0.4 is 0 Å². The molecule has 99 valence electrons. The Bertz CT molecular complexity index is 592. The van der Waals surface area contributed by atoms with E-state index in [0.717, 1.165) is 16.0 Å². The zero-order valence-electron chi connectivity index (χ0n) is 11.7. The second kappa shape index (κ2) is 7.02. The highest BCUT2D eigenvalue weighted by molar-refractivity contribution is 7.98. The fourth-order valence-corrected chi connectivity index (χ4v) is 2.87. The molecule has 0 heterocycles. The molecule has 0 aromatic heterocycles. The summed E-state index contributed by atoms with van der Waals surface area (Å²) in [7, 11) is 8.99. The van der Waals surface area contributed by atoms with Crippen LogP contribution in [-0.4, -0.2) is 31.4 Å². The predicted molar refractivity (Wildman–Crippen MR) is 87.7 cm³/mol. The molecule has 20 heavy (non-hydrogen) atoms. The van der Waals surface area contributed by atoms with Crippen LogP contribution >= 0.6 is 11.9 Å². The Morgan fingerprint density at radius 1 is 1.20 bits per heavy atom. The van der Waals surface area contributed by atoms with E-state index in [2.05, 4.69) is 25.1 Å². The van der Waals surface area contributed by atoms with Gasteiger partial charge in [-0.2, -0.15) is 0 Å². The van der Waals surface area contributed by atoms with Gasteiger partial charge in [0, 0.05) is 12.6 Å². The van der Waals surface area contributed by atoms with Gasteiger partial charge < -0.3 is 9.32 Å². The third-order valence-corrected chi connectivity index (χ3v) is 4.07. The maximum absolute atomic E-state index is 9.20. The van der Waals surface area contributed by atoms with E-state index >= 15 is 0 Å². The summed E-state index contributed by atoms with van der Waals surface area (Å²) in [6, 6.07) is 14.3. The van der Waals surface area contributed by atoms with E-state index in [9.17, 15) is 5.11 Å². The average molecular weight is 280 g/mol. The van der Waals surface area contributed by atoms with Crippen molar-refractivity contribution in [2.24, 2.45) is 0 Å². The Morgan fingerprint density at radius 3 is 2.60 bits per heavy atom. The molecule has 0 amide bonds. The molecule has 0 aliphatic rings. The Kier molecular flexibility index (Phi) is 5.35. The van der Waals surface area contributed by atoms with Crippen LogP contribution in [0.5, 0.6) is 0 Å². The lowest BCUT2D eigenvalue weighted by molar-refractivity contribution is 0.282. The second-order valence-corrected chi connectivity index (χ2v) is 5.79. The highest BCUT2D eigenvalue weighted by atomic mass is 32.2. The Balaban J connectivity index is 2.42. The second-order valence-electron chi connectivity index (χ2n) is 4.59. The van der Waals surface area contributed by atoms with Crippen molar-refractivity contribution in [2.45, 2.75) is 18.4 Å². The van der Waals surface area contributed by atoms with Crippen molar-refractivity contribution in [3.05, 3.63) is 53.6 Å². The third-order valence-electron chi connectivity index (χ3n) is 3.10. The summed E-state index contributed by atoms with van der Waals surface area (Å²) in [6.45, 7) is 2.14. The molecule has 0 saturated carbocycles. The van der Waals surface area contributed by atoms with E-state index in [1.165, 1.54) is 11.1 Å². The number of benzene rings is 2. The molecule has 2 aromatic carbocycles. The van der Waals surface area contributed by atoms with Gasteiger partial charge in [-0.05, 0) is 42.3 Å². The minimum atomic E-state index is 0.0718. The minimum absolute atomic E-state index is 0.0718. The molecular formula is C15H16B2NOS. The lowest BCUT2D eigenvalue weighted by Crippen LogP contribution is -2.14. The van der Waals surface area contributed by atoms with Crippen LogP contribution in [0.25, 0.3) is 11.1 Å². The smallest absolute Gasteiger partial charge is 0.164 e. The third kappa shape index (κ3) is 3.48. The van der Waals surface area contributed by atoms with E-state index in [-0.39, 0.29) is 6.61 Å². The van der Waals surface area contributed by atoms with Crippen molar-refractivity contribution < 1.29 is 5.11 Å². The van der Waals surface area contributed by atoms with Crippen LogP contribution in [0, 0.1) is 6.92 Å². The monoisotopic (exact) mass is 280 g/mol. The SMILES string of the molecule is [B][B]N(C)Sc1ccccc1-c1ccc(CO)cc1C. The number of rotatable bonds is 5. The summed E-state index contributed by atoms with van der Waals surface area (Å²) < 4.78 is 1.87. The topological polar surface area (TPSA) is 23.5 Å². The van der Waals surface area contributed by atoms with Gasteiger partial charge >= 0.3 is 0 Å². The molecule has 5 heteroatoms. The van der Waals surface area contributed by atoms with Crippen molar-refractivity contribution in [3.63, 3.8) is 0 Å². The number of aliphatic hydroxyl groups is 1. The normalized spacial score (nSPS) is 10.8. The first kappa shape index (κ1) is 15.2. The van der Waals surface area contributed by atoms with Crippen molar-refractivity contribution >= 4 is 27.0 Å². The fraction of sp³-hybridized carbons (Fsp3) is 0.200. The maximum atomic E-state index is 9.20. The van der Waals surface area contributed by atoms with Crippen LogP contribution in [0.2, 0.25) is 0 Å². The average Bonchev–Trinajstić information content (AvgIpc) is 2.48. The van der Waals surface area contributed by atoms with Gasteiger partial charge in [-0.15, -0.1) is 0 Å².